The molecule has 1 aromatic rings. The van der Waals surface area contributed by atoms with Gasteiger partial charge in [0.25, 0.3) is 0 Å². The number of benzene rings is 1. The van der Waals surface area contributed by atoms with Crippen LogP contribution in [0.25, 0.3) is 0 Å². The smallest absolute Gasteiger partial charge is 0.475 e. The van der Waals surface area contributed by atoms with Crippen molar-refractivity contribution in [3.05, 3.63) is 35.9 Å². The molecule has 2 heterocycles. The van der Waals surface area contributed by atoms with Crippen molar-refractivity contribution >= 4 is 11.9 Å². The number of alkyl halides is 3. The Morgan fingerprint density at radius 1 is 1.10 bits per heavy atom. The van der Waals surface area contributed by atoms with Crippen LogP contribution in [-0.2, 0) is 9.59 Å². The lowest BCUT2D eigenvalue weighted by Gasteiger charge is -2.32. The van der Waals surface area contributed by atoms with E-state index in [-0.39, 0.29) is 6.04 Å². The first kappa shape index (κ1) is 23.6. The summed E-state index contributed by atoms with van der Waals surface area (Å²) < 4.78 is 31.7. The Bertz CT molecular complexity index is 750. The summed E-state index contributed by atoms with van der Waals surface area (Å²) in [5.74, 6) is -1.53. The second-order valence-electron chi connectivity index (χ2n) is 8.82. The van der Waals surface area contributed by atoms with Crippen LogP contribution in [0.15, 0.2) is 30.3 Å². The first-order valence-corrected chi connectivity index (χ1v) is 11.1. The van der Waals surface area contributed by atoms with Gasteiger partial charge in [0.2, 0.25) is 5.91 Å². The summed E-state index contributed by atoms with van der Waals surface area (Å²) in [5, 5.41) is 7.12. The Morgan fingerprint density at radius 2 is 1.71 bits per heavy atom. The number of hydrogen-bond donors (Lipinski definition) is 1. The van der Waals surface area contributed by atoms with E-state index in [1.54, 1.807) is 0 Å². The van der Waals surface area contributed by atoms with Crippen LogP contribution in [0, 0.1) is 5.92 Å². The zero-order chi connectivity index (χ0) is 22.6. The average molecular weight is 441 g/mol. The lowest BCUT2D eigenvalue weighted by atomic mass is 9.89. The number of nitrogens with zero attached hydrogens (tertiary/aromatic N) is 2. The van der Waals surface area contributed by atoms with Crippen molar-refractivity contribution in [3.63, 3.8) is 0 Å². The number of carboxylic acid groups (broad SMARTS) is 1. The van der Waals surface area contributed by atoms with E-state index in [4.69, 9.17) is 9.90 Å². The van der Waals surface area contributed by atoms with Crippen LogP contribution >= 0.6 is 0 Å². The zero-order valence-corrected chi connectivity index (χ0v) is 17.9. The van der Waals surface area contributed by atoms with E-state index in [1.165, 1.54) is 50.8 Å². The molecule has 1 aromatic carbocycles. The number of rotatable bonds is 4. The molecule has 2 aliphatic heterocycles. The Hall–Kier alpha value is -2.09. The molecular weight excluding hydrogens is 409 g/mol. The van der Waals surface area contributed by atoms with Gasteiger partial charge in [-0.2, -0.15) is 13.2 Å². The fourth-order valence-electron chi connectivity index (χ4n) is 5.28. The van der Waals surface area contributed by atoms with Gasteiger partial charge in [-0.05, 0) is 37.7 Å². The monoisotopic (exact) mass is 440 g/mol. The number of hydrogen-bond acceptors (Lipinski definition) is 3. The number of aliphatic carboxylic acids is 1. The molecule has 0 bridgehead atoms. The van der Waals surface area contributed by atoms with Crippen LogP contribution in [0.2, 0.25) is 0 Å². The van der Waals surface area contributed by atoms with Gasteiger partial charge in [0.15, 0.2) is 0 Å². The number of halogens is 3. The molecule has 172 valence electrons. The Kier molecular flexibility index (Phi) is 7.62. The van der Waals surface area contributed by atoms with E-state index < -0.39 is 12.1 Å². The van der Waals surface area contributed by atoms with Gasteiger partial charge >= 0.3 is 12.1 Å². The van der Waals surface area contributed by atoms with Gasteiger partial charge in [-0.15, -0.1) is 0 Å². The minimum Gasteiger partial charge on any atom is -0.475 e. The van der Waals surface area contributed by atoms with E-state index in [2.05, 4.69) is 41.0 Å². The lowest BCUT2D eigenvalue weighted by molar-refractivity contribution is -0.192. The number of likely N-dealkylation sites (tertiary alicyclic amines) is 2. The highest BCUT2D eigenvalue weighted by molar-refractivity contribution is 5.80. The van der Waals surface area contributed by atoms with Gasteiger partial charge in [0.05, 0.1) is 6.04 Å². The highest BCUT2D eigenvalue weighted by Crippen LogP contribution is 2.39. The Morgan fingerprint density at radius 3 is 2.29 bits per heavy atom. The molecule has 0 radical (unpaired) electrons. The Labute approximate surface area is 181 Å². The van der Waals surface area contributed by atoms with Crippen LogP contribution in [0.4, 0.5) is 13.2 Å². The van der Waals surface area contributed by atoms with Crippen molar-refractivity contribution in [3.8, 4) is 0 Å². The van der Waals surface area contributed by atoms with Gasteiger partial charge in [0.1, 0.15) is 0 Å². The topological polar surface area (TPSA) is 60.9 Å². The largest absolute Gasteiger partial charge is 0.490 e. The summed E-state index contributed by atoms with van der Waals surface area (Å²) >= 11 is 0. The molecule has 1 aliphatic carbocycles. The number of carbonyl (C=O) groups is 2. The molecule has 31 heavy (non-hydrogen) atoms. The predicted molar refractivity (Wildman–Crippen MR) is 110 cm³/mol. The van der Waals surface area contributed by atoms with Gasteiger partial charge in [-0.25, -0.2) is 4.79 Å². The highest BCUT2D eigenvalue weighted by atomic mass is 19.4. The molecular formula is C23H31F3N2O3. The zero-order valence-electron chi connectivity index (χ0n) is 17.9. The number of fused-ring (bicyclic) bond motifs is 1. The van der Waals surface area contributed by atoms with Gasteiger partial charge in [-0.3, -0.25) is 9.69 Å². The van der Waals surface area contributed by atoms with Crippen molar-refractivity contribution in [1.29, 1.82) is 0 Å². The van der Waals surface area contributed by atoms with E-state index in [0.29, 0.717) is 18.0 Å². The fraction of sp³-hybridized carbons (Fsp3) is 0.652. The van der Waals surface area contributed by atoms with E-state index >= 15 is 0 Å². The van der Waals surface area contributed by atoms with Gasteiger partial charge < -0.3 is 10.0 Å². The SMILES string of the molecule is CC(c1ccccc1)N1C(=O)C[C@H]2[C@@H]1CCN2CC1CCCCC1.O=C(O)C(F)(F)F. The number of carbonyl (C=O) groups excluding carboxylic acids is 1. The maximum Gasteiger partial charge on any atom is 0.490 e. The van der Waals surface area contributed by atoms with E-state index in [9.17, 15) is 18.0 Å². The molecule has 1 saturated carbocycles. The fourth-order valence-corrected chi connectivity index (χ4v) is 5.28. The average Bonchev–Trinajstić information content (AvgIpc) is 3.27. The minimum atomic E-state index is -5.08. The first-order valence-electron chi connectivity index (χ1n) is 11.1. The van der Waals surface area contributed by atoms with Crippen molar-refractivity contribution in [2.45, 2.75) is 76.2 Å². The predicted octanol–water partition coefficient (Wildman–Crippen LogP) is 4.64. The summed E-state index contributed by atoms with van der Waals surface area (Å²) in [6.07, 6.45) is 3.82. The quantitative estimate of drug-likeness (QED) is 0.741. The molecule has 2 saturated heterocycles. The molecule has 3 atom stereocenters. The molecule has 1 unspecified atom stereocenters. The summed E-state index contributed by atoms with van der Waals surface area (Å²) in [6.45, 7) is 4.60. The van der Waals surface area contributed by atoms with E-state index in [0.717, 1.165) is 18.8 Å². The van der Waals surface area contributed by atoms with Crippen molar-refractivity contribution in [2.75, 3.05) is 13.1 Å². The van der Waals surface area contributed by atoms with Gasteiger partial charge in [0, 0.05) is 31.6 Å². The summed E-state index contributed by atoms with van der Waals surface area (Å²) in [5.41, 5.74) is 1.26. The molecule has 3 fully saturated rings. The van der Waals surface area contributed by atoms with Crippen LogP contribution in [0.3, 0.4) is 0 Å². The standard InChI is InChI=1S/C21H30N2O.C2HF3O2/c1-16(18-10-6-3-7-11-18)23-19-12-13-22(20(19)14-21(23)24)15-17-8-4-2-5-9-17;3-2(4,5)1(6)7/h3,6-7,10-11,16-17,19-20H,2,4-5,8-9,12-15H2,1H3;(H,6,7)/t16?,19-,20-;/m0./s1. The van der Waals surface area contributed by atoms with Gasteiger partial charge in [-0.1, -0.05) is 49.6 Å². The van der Waals surface area contributed by atoms with Crippen LogP contribution in [0.1, 0.15) is 63.5 Å². The third-order valence-corrected chi connectivity index (χ3v) is 6.81. The second kappa shape index (κ2) is 10.0. The molecule has 0 aromatic heterocycles. The lowest BCUT2D eigenvalue weighted by Crippen LogP contribution is -2.40. The van der Waals surface area contributed by atoms with Crippen LogP contribution in [-0.4, -0.2) is 58.1 Å². The molecule has 3 aliphatic rings. The third kappa shape index (κ3) is 5.79. The van der Waals surface area contributed by atoms with Crippen LogP contribution in [0.5, 0.6) is 0 Å². The van der Waals surface area contributed by atoms with Crippen LogP contribution < -0.4 is 0 Å². The number of carboxylic acids is 1. The summed E-state index contributed by atoms with van der Waals surface area (Å²) in [7, 11) is 0. The minimum absolute atomic E-state index is 0.198. The highest BCUT2D eigenvalue weighted by Gasteiger charge is 2.48. The molecule has 8 heteroatoms. The maximum atomic E-state index is 12.7. The third-order valence-electron chi connectivity index (χ3n) is 6.81. The second-order valence-corrected chi connectivity index (χ2v) is 8.82. The summed E-state index contributed by atoms with van der Waals surface area (Å²) in [6, 6.07) is 11.6. The maximum absolute atomic E-state index is 12.7. The summed E-state index contributed by atoms with van der Waals surface area (Å²) in [4.78, 5) is 26.5. The first-order chi connectivity index (χ1) is 14.7. The normalized spacial score (nSPS) is 25.7. The number of amides is 1. The van der Waals surface area contributed by atoms with Crippen molar-refractivity contribution in [2.24, 2.45) is 5.92 Å². The molecule has 0 spiro atoms. The molecule has 1 N–H and O–H groups in total. The van der Waals surface area contributed by atoms with E-state index in [1.807, 2.05) is 6.07 Å². The van der Waals surface area contributed by atoms with Crippen molar-refractivity contribution in [1.82, 2.24) is 9.80 Å². The molecule has 1 amide bonds. The Balaban J connectivity index is 0.000000339. The molecule has 5 nitrogen and oxygen atoms in total. The molecule has 4 rings (SSSR count). The van der Waals surface area contributed by atoms with Crippen molar-refractivity contribution < 1.29 is 27.9 Å².